The summed E-state index contributed by atoms with van der Waals surface area (Å²) < 4.78 is 14.4. The number of unbranched alkanes of at least 4 members (excludes halogenated alkanes) is 2. The highest BCUT2D eigenvalue weighted by molar-refractivity contribution is 6.32. The number of rotatable bonds is 5. The summed E-state index contributed by atoms with van der Waals surface area (Å²) in [6.07, 6.45) is 2.63. The highest BCUT2D eigenvalue weighted by atomic mass is 35.5. The topological polar surface area (TPSA) is 54.9 Å². The van der Waals surface area contributed by atoms with E-state index in [1.807, 2.05) is 6.92 Å². The molecule has 0 saturated carbocycles. The third-order valence-electron chi connectivity index (χ3n) is 3.24. The van der Waals surface area contributed by atoms with E-state index in [9.17, 15) is 14.0 Å². The number of halogens is 2. The van der Waals surface area contributed by atoms with Gasteiger partial charge in [0.1, 0.15) is 11.0 Å². The van der Waals surface area contributed by atoms with Crippen LogP contribution in [0, 0.1) is 5.82 Å². The number of benzene rings is 1. The largest absolute Gasteiger partial charge is 0.329 e. The van der Waals surface area contributed by atoms with Crippen molar-refractivity contribution in [1.29, 1.82) is 0 Å². The second-order valence-corrected chi connectivity index (χ2v) is 5.17. The molecular formula is C15H16ClFN2O2. The molecule has 0 amide bonds. The van der Waals surface area contributed by atoms with Crippen molar-refractivity contribution in [3.8, 4) is 11.1 Å². The van der Waals surface area contributed by atoms with Gasteiger partial charge < -0.3 is 0 Å². The van der Waals surface area contributed by atoms with Crippen LogP contribution >= 0.6 is 11.6 Å². The van der Waals surface area contributed by atoms with E-state index in [1.165, 1.54) is 18.2 Å². The lowest BCUT2D eigenvalue weighted by Gasteiger charge is -2.09. The molecule has 0 aliphatic rings. The third kappa shape index (κ3) is 3.42. The lowest BCUT2D eigenvalue weighted by atomic mass is 10.1. The first-order valence-electron chi connectivity index (χ1n) is 6.83. The molecule has 0 aliphatic heterocycles. The minimum Gasteiger partial charge on any atom is -0.297 e. The monoisotopic (exact) mass is 310 g/mol. The first-order chi connectivity index (χ1) is 10.0. The van der Waals surface area contributed by atoms with Gasteiger partial charge in [-0.3, -0.25) is 14.3 Å². The zero-order valence-corrected chi connectivity index (χ0v) is 12.4. The fraction of sp³-hybridized carbons (Fsp3) is 0.333. The number of nitrogens with zero attached hydrogens (tertiary/aromatic N) is 1. The predicted molar refractivity (Wildman–Crippen MR) is 81.3 cm³/mol. The van der Waals surface area contributed by atoms with Crippen molar-refractivity contribution in [3.63, 3.8) is 0 Å². The normalized spacial score (nSPS) is 10.8. The van der Waals surface area contributed by atoms with E-state index in [1.54, 1.807) is 6.07 Å². The SMILES string of the molecule is CCCCCn1c(=O)[nH]c(Cl)c(-c2cccc(F)c2)c1=O. The summed E-state index contributed by atoms with van der Waals surface area (Å²) in [5.41, 5.74) is -0.565. The van der Waals surface area contributed by atoms with E-state index >= 15 is 0 Å². The minimum absolute atomic E-state index is 0.0673. The highest BCUT2D eigenvalue weighted by Crippen LogP contribution is 2.22. The van der Waals surface area contributed by atoms with Crippen LogP contribution in [0.15, 0.2) is 33.9 Å². The summed E-state index contributed by atoms with van der Waals surface area (Å²) in [5, 5.41) is -0.0673. The summed E-state index contributed by atoms with van der Waals surface area (Å²) in [6.45, 7) is 2.36. The standard InChI is InChI=1S/C15H16ClFN2O2/c1-2-3-4-8-19-14(20)12(13(16)18-15(19)21)10-6-5-7-11(17)9-10/h5-7,9H,2-4,8H2,1H3,(H,18,21). The summed E-state index contributed by atoms with van der Waals surface area (Å²) in [4.78, 5) is 26.8. The Morgan fingerprint density at radius 2 is 2.05 bits per heavy atom. The second-order valence-electron chi connectivity index (χ2n) is 4.79. The molecule has 6 heteroatoms. The lowest BCUT2D eigenvalue weighted by molar-refractivity contribution is 0.564. The average Bonchev–Trinajstić information content (AvgIpc) is 2.42. The van der Waals surface area contributed by atoms with Crippen LogP contribution in [0.2, 0.25) is 5.15 Å². The minimum atomic E-state index is -0.541. The summed E-state index contributed by atoms with van der Waals surface area (Å²) in [7, 11) is 0. The number of H-pyrrole nitrogens is 1. The fourth-order valence-corrected chi connectivity index (χ4v) is 2.43. The quantitative estimate of drug-likeness (QED) is 0.681. The Bertz CT molecular complexity index is 752. The zero-order valence-electron chi connectivity index (χ0n) is 11.7. The third-order valence-corrected chi connectivity index (χ3v) is 3.52. The van der Waals surface area contributed by atoms with Crippen LogP contribution in [0.1, 0.15) is 26.2 Å². The molecule has 1 N–H and O–H groups in total. The van der Waals surface area contributed by atoms with Crippen molar-refractivity contribution in [2.75, 3.05) is 0 Å². The van der Waals surface area contributed by atoms with Crippen LogP contribution in [0.4, 0.5) is 4.39 Å². The van der Waals surface area contributed by atoms with E-state index in [-0.39, 0.29) is 10.7 Å². The van der Waals surface area contributed by atoms with Gasteiger partial charge in [0.2, 0.25) is 0 Å². The van der Waals surface area contributed by atoms with Gasteiger partial charge in [-0.2, -0.15) is 0 Å². The number of nitrogens with one attached hydrogen (secondary N) is 1. The molecule has 0 spiro atoms. The van der Waals surface area contributed by atoms with Crippen LogP contribution in [-0.2, 0) is 6.54 Å². The Kier molecular flexibility index (Phi) is 4.96. The Balaban J connectivity index is 2.54. The van der Waals surface area contributed by atoms with Gasteiger partial charge in [-0.05, 0) is 24.1 Å². The smallest absolute Gasteiger partial charge is 0.297 e. The number of hydrogen-bond acceptors (Lipinski definition) is 2. The van der Waals surface area contributed by atoms with E-state index in [0.29, 0.717) is 12.1 Å². The Morgan fingerprint density at radius 3 is 2.71 bits per heavy atom. The first-order valence-corrected chi connectivity index (χ1v) is 7.21. The molecule has 0 fully saturated rings. The molecule has 1 heterocycles. The molecule has 2 aromatic rings. The van der Waals surface area contributed by atoms with Crippen molar-refractivity contribution in [3.05, 3.63) is 56.1 Å². The van der Waals surface area contributed by atoms with Gasteiger partial charge in [0.15, 0.2) is 0 Å². The maximum absolute atomic E-state index is 13.3. The van der Waals surface area contributed by atoms with Gasteiger partial charge in [-0.1, -0.05) is 43.5 Å². The molecule has 0 aliphatic carbocycles. The molecule has 0 saturated heterocycles. The molecule has 0 unspecified atom stereocenters. The number of aromatic amines is 1. The Morgan fingerprint density at radius 1 is 1.29 bits per heavy atom. The van der Waals surface area contributed by atoms with Gasteiger partial charge in [0.05, 0.1) is 5.56 Å². The van der Waals surface area contributed by atoms with Crippen molar-refractivity contribution in [2.24, 2.45) is 0 Å². The Hall–Kier alpha value is -1.88. The van der Waals surface area contributed by atoms with Crippen LogP contribution < -0.4 is 11.2 Å². The maximum atomic E-state index is 13.3. The fourth-order valence-electron chi connectivity index (χ4n) is 2.16. The molecule has 0 atom stereocenters. The van der Waals surface area contributed by atoms with E-state index in [0.717, 1.165) is 23.8 Å². The summed E-state index contributed by atoms with van der Waals surface area (Å²) in [5.74, 6) is -0.466. The van der Waals surface area contributed by atoms with Crippen LogP contribution in [0.25, 0.3) is 11.1 Å². The zero-order chi connectivity index (χ0) is 15.4. The molecule has 2 rings (SSSR count). The molecule has 0 bridgehead atoms. The lowest BCUT2D eigenvalue weighted by Crippen LogP contribution is -2.36. The first kappa shape index (κ1) is 15.5. The van der Waals surface area contributed by atoms with Crippen LogP contribution in [-0.4, -0.2) is 9.55 Å². The molecule has 4 nitrogen and oxygen atoms in total. The number of hydrogen-bond donors (Lipinski definition) is 1. The van der Waals surface area contributed by atoms with E-state index in [4.69, 9.17) is 11.6 Å². The molecule has 112 valence electrons. The second kappa shape index (κ2) is 6.72. The molecule has 1 aromatic carbocycles. The average molecular weight is 311 g/mol. The summed E-state index contributed by atoms with van der Waals surface area (Å²) >= 11 is 5.96. The maximum Gasteiger partial charge on any atom is 0.329 e. The molecular weight excluding hydrogens is 295 g/mol. The number of aromatic nitrogens is 2. The molecule has 1 aromatic heterocycles. The van der Waals surface area contributed by atoms with Crippen molar-refractivity contribution in [2.45, 2.75) is 32.7 Å². The van der Waals surface area contributed by atoms with E-state index < -0.39 is 17.1 Å². The van der Waals surface area contributed by atoms with Crippen molar-refractivity contribution >= 4 is 11.6 Å². The van der Waals surface area contributed by atoms with Crippen LogP contribution in [0.5, 0.6) is 0 Å². The van der Waals surface area contributed by atoms with Crippen LogP contribution in [0.3, 0.4) is 0 Å². The Labute approximate surface area is 126 Å². The van der Waals surface area contributed by atoms with Gasteiger partial charge >= 0.3 is 5.69 Å². The van der Waals surface area contributed by atoms with E-state index in [2.05, 4.69) is 4.98 Å². The van der Waals surface area contributed by atoms with Crippen molar-refractivity contribution in [1.82, 2.24) is 9.55 Å². The van der Waals surface area contributed by atoms with Gasteiger partial charge in [0.25, 0.3) is 5.56 Å². The van der Waals surface area contributed by atoms with Gasteiger partial charge in [0, 0.05) is 6.54 Å². The van der Waals surface area contributed by atoms with Gasteiger partial charge in [-0.15, -0.1) is 0 Å². The van der Waals surface area contributed by atoms with Gasteiger partial charge in [-0.25, -0.2) is 9.18 Å². The molecule has 21 heavy (non-hydrogen) atoms. The highest BCUT2D eigenvalue weighted by Gasteiger charge is 2.14. The van der Waals surface area contributed by atoms with Crippen molar-refractivity contribution < 1.29 is 4.39 Å². The summed E-state index contributed by atoms with van der Waals surface area (Å²) in [6, 6.07) is 5.58. The predicted octanol–water partition coefficient (Wildman–Crippen LogP) is 3.19. The molecule has 0 radical (unpaired) electrons.